The van der Waals surface area contributed by atoms with E-state index in [4.69, 9.17) is 0 Å². The quantitative estimate of drug-likeness (QED) is 0.683. The second kappa shape index (κ2) is 7.99. The van der Waals surface area contributed by atoms with Crippen LogP contribution < -0.4 is 10.6 Å². The Morgan fingerprint density at radius 1 is 1.12 bits per heavy atom. The number of nitrogens with one attached hydrogen (secondary N) is 2. The van der Waals surface area contributed by atoms with Gasteiger partial charge in [-0.1, -0.05) is 42.1 Å². The van der Waals surface area contributed by atoms with E-state index in [0.29, 0.717) is 6.54 Å². The van der Waals surface area contributed by atoms with Crippen LogP contribution in [0.3, 0.4) is 0 Å². The minimum atomic E-state index is -0.213. The molecular weight excluding hydrogens is 338 g/mol. The van der Waals surface area contributed by atoms with E-state index in [1.807, 2.05) is 66.9 Å². The molecule has 0 saturated carbocycles. The molecule has 0 saturated heterocycles. The van der Waals surface area contributed by atoms with Crippen molar-refractivity contribution in [2.24, 2.45) is 0 Å². The number of hydrogen-bond donors (Lipinski definition) is 2. The Bertz CT molecular complexity index is 801. The number of aromatic nitrogens is 1. The van der Waals surface area contributed by atoms with Gasteiger partial charge in [0.25, 0.3) is 0 Å². The van der Waals surface area contributed by atoms with Crippen LogP contribution in [0.5, 0.6) is 0 Å². The Balaban J connectivity index is 1.51. The van der Waals surface area contributed by atoms with Crippen LogP contribution in [0.25, 0.3) is 0 Å². The van der Waals surface area contributed by atoms with Gasteiger partial charge in [0, 0.05) is 28.2 Å². The van der Waals surface area contributed by atoms with Crippen molar-refractivity contribution in [3.63, 3.8) is 0 Å². The van der Waals surface area contributed by atoms with E-state index in [1.165, 1.54) is 0 Å². The van der Waals surface area contributed by atoms with Crippen LogP contribution in [-0.2, 0) is 6.54 Å². The molecule has 0 atom stereocenters. The lowest BCUT2D eigenvalue weighted by molar-refractivity contribution is 0.251. The number of urea groups is 1. The van der Waals surface area contributed by atoms with Gasteiger partial charge in [0.1, 0.15) is 0 Å². The molecule has 2 aromatic carbocycles. The smallest absolute Gasteiger partial charge is 0.319 e. The van der Waals surface area contributed by atoms with Crippen LogP contribution in [-0.4, -0.2) is 11.0 Å². The molecule has 1 aromatic heterocycles. The molecule has 0 bridgehead atoms. The fourth-order valence-corrected chi connectivity index (χ4v) is 3.85. The largest absolute Gasteiger partial charge is 0.334 e. The monoisotopic (exact) mass is 355 g/mol. The fraction of sp³-hybridized carbons (Fsp3) is 0.111. The third-order valence-electron chi connectivity index (χ3n) is 3.21. The highest BCUT2D eigenvalue weighted by molar-refractivity contribution is 8.01. The summed E-state index contributed by atoms with van der Waals surface area (Å²) in [6.45, 7) is 2.49. The second-order valence-electron chi connectivity index (χ2n) is 5.17. The first-order valence-corrected chi connectivity index (χ1v) is 9.17. The number of aryl methyl sites for hydroxylation is 1. The molecule has 0 fully saturated rings. The molecule has 3 aromatic rings. The number of hydrogen-bond acceptors (Lipinski definition) is 4. The Morgan fingerprint density at radius 2 is 1.88 bits per heavy atom. The van der Waals surface area contributed by atoms with E-state index in [9.17, 15) is 4.79 Å². The molecule has 122 valence electrons. The van der Waals surface area contributed by atoms with Crippen molar-refractivity contribution >= 4 is 34.8 Å². The zero-order valence-corrected chi connectivity index (χ0v) is 14.8. The highest BCUT2D eigenvalue weighted by Crippen LogP contribution is 2.30. The van der Waals surface area contributed by atoms with Crippen LogP contribution in [0.2, 0.25) is 0 Å². The number of anilines is 1. The maximum Gasteiger partial charge on any atom is 0.319 e. The summed E-state index contributed by atoms with van der Waals surface area (Å²) in [7, 11) is 0. The van der Waals surface area contributed by atoms with Crippen molar-refractivity contribution in [3.05, 3.63) is 71.2 Å². The van der Waals surface area contributed by atoms with Crippen LogP contribution in [0.4, 0.5) is 10.5 Å². The second-order valence-corrected chi connectivity index (χ2v) is 7.35. The van der Waals surface area contributed by atoms with Crippen molar-refractivity contribution < 1.29 is 4.79 Å². The molecule has 3 rings (SSSR count). The van der Waals surface area contributed by atoms with Crippen molar-refractivity contribution in [1.29, 1.82) is 0 Å². The number of benzene rings is 2. The highest BCUT2D eigenvalue weighted by atomic mass is 32.2. The number of nitrogens with zero attached hydrogens (tertiary/aromatic N) is 1. The van der Waals surface area contributed by atoms with E-state index in [2.05, 4.69) is 15.6 Å². The molecule has 2 N–H and O–H groups in total. The normalized spacial score (nSPS) is 10.4. The number of thiazole rings is 1. The molecule has 24 heavy (non-hydrogen) atoms. The van der Waals surface area contributed by atoms with E-state index in [0.717, 1.165) is 26.2 Å². The van der Waals surface area contributed by atoms with Gasteiger partial charge in [-0.15, -0.1) is 11.3 Å². The number of rotatable bonds is 5. The topological polar surface area (TPSA) is 54.0 Å². The number of carbonyl (C=O) groups is 1. The van der Waals surface area contributed by atoms with E-state index in [1.54, 1.807) is 23.1 Å². The third kappa shape index (κ3) is 4.84. The minimum Gasteiger partial charge on any atom is -0.334 e. The molecule has 2 amide bonds. The predicted octanol–water partition coefficient (Wildman–Crippen LogP) is 4.92. The van der Waals surface area contributed by atoms with Crippen molar-refractivity contribution in [3.8, 4) is 0 Å². The van der Waals surface area contributed by atoms with E-state index >= 15 is 0 Å². The van der Waals surface area contributed by atoms with Gasteiger partial charge in [0.15, 0.2) is 4.34 Å². The van der Waals surface area contributed by atoms with Crippen LogP contribution in [0.15, 0.2) is 69.2 Å². The molecule has 0 aliphatic heterocycles. The summed E-state index contributed by atoms with van der Waals surface area (Å²) in [4.78, 5) is 17.5. The first-order chi connectivity index (χ1) is 11.7. The van der Waals surface area contributed by atoms with Gasteiger partial charge in [0.2, 0.25) is 0 Å². The van der Waals surface area contributed by atoms with Gasteiger partial charge in [-0.2, -0.15) is 0 Å². The van der Waals surface area contributed by atoms with Crippen LogP contribution in [0.1, 0.15) is 11.3 Å². The average molecular weight is 355 g/mol. The van der Waals surface area contributed by atoms with Gasteiger partial charge < -0.3 is 10.6 Å². The summed E-state index contributed by atoms with van der Waals surface area (Å²) >= 11 is 3.26. The average Bonchev–Trinajstić information content (AvgIpc) is 3.01. The van der Waals surface area contributed by atoms with Gasteiger partial charge in [0.05, 0.1) is 0 Å². The molecular formula is C18H17N3OS2. The summed E-state index contributed by atoms with van der Waals surface area (Å²) in [5, 5.41) is 7.71. The first-order valence-electron chi connectivity index (χ1n) is 7.48. The Kier molecular flexibility index (Phi) is 5.51. The lowest BCUT2D eigenvalue weighted by Crippen LogP contribution is -2.28. The lowest BCUT2D eigenvalue weighted by Gasteiger charge is -2.08. The molecule has 0 unspecified atom stereocenters. The van der Waals surface area contributed by atoms with Gasteiger partial charge in [-0.25, -0.2) is 9.78 Å². The Labute approximate surface area is 149 Å². The summed E-state index contributed by atoms with van der Waals surface area (Å²) in [6, 6.07) is 17.4. The van der Waals surface area contributed by atoms with Gasteiger partial charge >= 0.3 is 6.03 Å². The number of carbonyl (C=O) groups excluding carboxylic acids is 1. The summed E-state index contributed by atoms with van der Waals surface area (Å²) in [5.41, 5.74) is 2.87. The van der Waals surface area contributed by atoms with E-state index < -0.39 is 0 Å². The maximum absolute atomic E-state index is 11.9. The molecule has 6 heteroatoms. The van der Waals surface area contributed by atoms with E-state index in [-0.39, 0.29) is 6.03 Å². The predicted molar refractivity (Wildman–Crippen MR) is 99.7 cm³/mol. The first kappa shape index (κ1) is 16.5. The fourth-order valence-electron chi connectivity index (χ4n) is 2.04. The maximum atomic E-state index is 11.9. The molecule has 0 aliphatic carbocycles. The lowest BCUT2D eigenvalue weighted by atomic mass is 10.2. The SMILES string of the molecule is Cc1csc(Sc2ccc(NC(=O)NCc3ccccc3)cc2)n1. The Morgan fingerprint density at radius 3 is 2.54 bits per heavy atom. The third-order valence-corrected chi connectivity index (χ3v) is 5.28. The number of amides is 2. The minimum absolute atomic E-state index is 0.213. The van der Waals surface area contributed by atoms with Gasteiger partial charge in [-0.3, -0.25) is 0 Å². The van der Waals surface area contributed by atoms with Gasteiger partial charge in [-0.05, 0) is 36.8 Å². The molecule has 1 heterocycles. The van der Waals surface area contributed by atoms with Crippen molar-refractivity contribution in [2.45, 2.75) is 22.7 Å². The zero-order valence-electron chi connectivity index (χ0n) is 13.2. The molecule has 0 radical (unpaired) electrons. The van der Waals surface area contributed by atoms with Crippen molar-refractivity contribution in [2.75, 3.05) is 5.32 Å². The molecule has 4 nitrogen and oxygen atoms in total. The van der Waals surface area contributed by atoms with Crippen LogP contribution in [0, 0.1) is 6.92 Å². The van der Waals surface area contributed by atoms with Crippen molar-refractivity contribution in [1.82, 2.24) is 10.3 Å². The highest BCUT2D eigenvalue weighted by Gasteiger charge is 2.04. The summed E-state index contributed by atoms with van der Waals surface area (Å²) in [5.74, 6) is 0. The zero-order chi connectivity index (χ0) is 16.8. The van der Waals surface area contributed by atoms with Crippen LogP contribution >= 0.6 is 23.1 Å². The molecule has 0 aliphatic rings. The molecule has 0 spiro atoms. The standard InChI is InChI=1S/C18H17N3OS2/c1-13-12-23-18(20-13)24-16-9-7-15(8-10-16)21-17(22)19-11-14-5-3-2-4-6-14/h2-10,12H,11H2,1H3,(H2,19,21,22). The summed E-state index contributed by atoms with van der Waals surface area (Å²) < 4.78 is 1.02. The summed E-state index contributed by atoms with van der Waals surface area (Å²) in [6.07, 6.45) is 0. The Hall–Kier alpha value is -2.31.